The van der Waals surface area contributed by atoms with E-state index in [0.29, 0.717) is 47.3 Å². The molecule has 1 rings (SSSR count). The van der Waals surface area contributed by atoms with Gasteiger partial charge in [-0.1, -0.05) is 65.4 Å². The maximum absolute atomic E-state index is 6.29. The van der Waals surface area contributed by atoms with E-state index < -0.39 is 0 Å². The Balaban J connectivity index is 2.37. The summed E-state index contributed by atoms with van der Waals surface area (Å²) in [6, 6.07) is 3.27. The largest absolute Gasteiger partial charge is 0.489 e. The molecule has 0 aromatic heterocycles. The summed E-state index contributed by atoms with van der Waals surface area (Å²) < 4.78 is 17.1. The molecule has 0 aliphatic carbocycles. The zero-order valence-corrected chi connectivity index (χ0v) is 20.7. The topological polar surface area (TPSA) is 49.3 Å². The fraction of sp³-hybridized carbons (Fsp3) is 0.571. The van der Waals surface area contributed by atoms with Crippen LogP contribution in [0.1, 0.15) is 40.5 Å². The van der Waals surface area contributed by atoms with E-state index in [1.54, 1.807) is 12.1 Å². The number of rotatable bonds is 14. The minimum atomic E-state index is -0.0857. The van der Waals surface area contributed by atoms with Crippen molar-refractivity contribution in [3.63, 3.8) is 0 Å². The Morgan fingerprint density at radius 3 is 2.40 bits per heavy atom. The Morgan fingerprint density at radius 2 is 1.80 bits per heavy atom. The van der Waals surface area contributed by atoms with E-state index in [4.69, 9.17) is 65.5 Å². The predicted molar refractivity (Wildman–Crippen MR) is 126 cm³/mol. The van der Waals surface area contributed by atoms with Gasteiger partial charge >= 0.3 is 0 Å². The van der Waals surface area contributed by atoms with Gasteiger partial charge in [0.25, 0.3) is 0 Å². The number of halogens is 4. The van der Waals surface area contributed by atoms with Gasteiger partial charge in [-0.25, -0.2) is 0 Å². The lowest BCUT2D eigenvalue weighted by atomic mass is 10.2. The number of oxime groups is 1. The van der Waals surface area contributed by atoms with E-state index in [0.717, 1.165) is 18.6 Å². The first kappa shape index (κ1) is 27.2. The maximum atomic E-state index is 6.29. The molecule has 0 N–H and O–H groups in total. The van der Waals surface area contributed by atoms with Gasteiger partial charge in [-0.05, 0) is 38.7 Å². The van der Waals surface area contributed by atoms with Crippen LogP contribution in [-0.2, 0) is 9.57 Å². The van der Waals surface area contributed by atoms with Gasteiger partial charge in [0.2, 0.25) is 0 Å². The van der Waals surface area contributed by atoms with Gasteiger partial charge in [0.1, 0.15) is 23.5 Å². The quantitative estimate of drug-likeness (QED) is 0.153. The van der Waals surface area contributed by atoms with Crippen LogP contribution in [0.4, 0.5) is 0 Å². The van der Waals surface area contributed by atoms with E-state index in [-0.39, 0.29) is 17.2 Å². The second kappa shape index (κ2) is 15.0. The molecular weight excluding hydrogens is 472 g/mol. The van der Waals surface area contributed by atoms with Gasteiger partial charge in [0, 0.05) is 18.7 Å². The molecule has 30 heavy (non-hydrogen) atoms. The minimum absolute atomic E-state index is 0.0857. The van der Waals surface area contributed by atoms with E-state index in [1.807, 2.05) is 13.8 Å². The predicted octanol–water partition coefficient (Wildman–Crippen LogP) is 7.30. The van der Waals surface area contributed by atoms with Crippen LogP contribution in [-0.4, -0.2) is 38.2 Å². The third-order valence-electron chi connectivity index (χ3n) is 3.62. The highest BCUT2D eigenvalue weighted by atomic mass is 35.5. The standard InChI is InChI=1S/C21H29Cl4NO4/c1-14(2)12-29-26-15(3)13-27-8-5-6-16(4)30-21-18(22)10-17(11-19(21)23)28-9-7-20(24)25/h7,10-11,14,16H,5-6,8-9,12-13H2,1-4H3. The average Bonchev–Trinajstić information content (AvgIpc) is 2.64. The van der Waals surface area contributed by atoms with E-state index in [1.165, 1.54) is 6.08 Å². The molecule has 0 radical (unpaired) electrons. The average molecular weight is 501 g/mol. The highest BCUT2D eigenvalue weighted by molar-refractivity contribution is 6.55. The molecule has 0 saturated carbocycles. The molecule has 0 saturated heterocycles. The van der Waals surface area contributed by atoms with E-state index in [2.05, 4.69) is 19.0 Å². The first-order valence-corrected chi connectivity index (χ1v) is 11.2. The molecule has 1 unspecified atom stereocenters. The normalized spacial score (nSPS) is 12.6. The Morgan fingerprint density at radius 1 is 1.13 bits per heavy atom. The molecule has 0 fully saturated rings. The number of ether oxygens (including phenoxy) is 3. The van der Waals surface area contributed by atoms with Crippen LogP contribution in [0.5, 0.6) is 11.5 Å². The van der Waals surface area contributed by atoms with Crippen molar-refractivity contribution >= 4 is 52.1 Å². The van der Waals surface area contributed by atoms with E-state index >= 15 is 0 Å². The third-order valence-corrected chi connectivity index (χ3v) is 4.49. The molecule has 1 aromatic carbocycles. The number of nitrogens with zero attached hydrogens (tertiary/aromatic N) is 1. The zero-order chi connectivity index (χ0) is 22.5. The van der Waals surface area contributed by atoms with Crippen molar-refractivity contribution in [2.24, 2.45) is 11.1 Å². The van der Waals surface area contributed by atoms with Gasteiger partial charge in [0.05, 0.1) is 28.5 Å². The highest BCUT2D eigenvalue weighted by Crippen LogP contribution is 2.37. The van der Waals surface area contributed by atoms with Gasteiger partial charge in [0.15, 0.2) is 5.75 Å². The van der Waals surface area contributed by atoms with Crippen molar-refractivity contribution in [3.8, 4) is 11.5 Å². The van der Waals surface area contributed by atoms with Crippen molar-refractivity contribution in [1.29, 1.82) is 0 Å². The minimum Gasteiger partial charge on any atom is -0.489 e. The number of benzene rings is 1. The smallest absolute Gasteiger partial charge is 0.157 e. The lowest BCUT2D eigenvalue weighted by Crippen LogP contribution is -2.14. The molecule has 170 valence electrons. The summed E-state index contributed by atoms with van der Waals surface area (Å²) >= 11 is 23.7. The van der Waals surface area contributed by atoms with Crippen molar-refractivity contribution < 1.29 is 19.0 Å². The maximum Gasteiger partial charge on any atom is 0.157 e. The molecule has 0 heterocycles. The summed E-state index contributed by atoms with van der Waals surface area (Å²) in [4.78, 5) is 5.22. The summed E-state index contributed by atoms with van der Waals surface area (Å²) in [7, 11) is 0. The molecule has 0 bridgehead atoms. The monoisotopic (exact) mass is 499 g/mol. The second-order valence-corrected chi connectivity index (χ2v) is 8.98. The molecule has 9 heteroatoms. The Bertz CT molecular complexity index is 683. The van der Waals surface area contributed by atoms with Crippen LogP contribution in [0.25, 0.3) is 0 Å². The summed E-state index contributed by atoms with van der Waals surface area (Å²) in [5.41, 5.74) is 0.810. The SMILES string of the molecule is CC(COCCCC(C)Oc1c(Cl)cc(OCC=C(Cl)Cl)cc1Cl)=NOCC(C)C. The van der Waals surface area contributed by atoms with Gasteiger partial charge in [-0.2, -0.15) is 0 Å². The van der Waals surface area contributed by atoms with Crippen molar-refractivity contribution in [2.75, 3.05) is 26.4 Å². The highest BCUT2D eigenvalue weighted by Gasteiger charge is 2.14. The van der Waals surface area contributed by atoms with Crippen LogP contribution >= 0.6 is 46.4 Å². The number of hydrogen-bond donors (Lipinski definition) is 0. The molecule has 0 aliphatic heterocycles. The van der Waals surface area contributed by atoms with Crippen LogP contribution in [0.3, 0.4) is 0 Å². The Labute approximate surface area is 199 Å². The zero-order valence-electron chi connectivity index (χ0n) is 17.7. The fourth-order valence-corrected chi connectivity index (χ4v) is 2.89. The third kappa shape index (κ3) is 12.1. The first-order chi connectivity index (χ1) is 14.2. The van der Waals surface area contributed by atoms with Crippen LogP contribution in [0, 0.1) is 5.92 Å². The molecule has 0 spiro atoms. The summed E-state index contributed by atoms with van der Waals surface area (Å²) in [6.45, 7) is 9.82. The van der Waals surface area contributed by atoms with Crippen molar-refractivity contribution in [1.82, 2.24) is 0 Å². The Hall–Kier alpha value is -0.850. The molecule has 5 nitrogen and oxygen atoms in total. The second-order valence-electron chi connectivity index (χ2n) is 7.16. The molecule has 0 amide bonds. The Kier molecular flexibility index (Phi) is 13.6. The lowest BCUT2D eigenvalue weighted by molar-refractivity contribution is 0.110. The van der Waals surface area contributed by atoms with Crippen LogP contribution in [0.2, 0.25) is 10.0 Å². The summed E-state index contributed by atoms with van der Waals surface area (Å²) in [5.74, 6) is 1.37. The van der Waals surface area contributed by atoms with Crippen molar-refractivity contribution in [3.05, 3.63) is 32.7 Å². The van der Waals surface area contributed by atoms with Crippen molar-refractivity contribution in [2.45, 2.75) is 46.6 Å². The summed E-state index contributed by atoms with van der Waals surface area (Å²) in [6.07, 6.45) is 3.04. The molecule has 1 atom stereocenters. The first-order valence-electron chi connectivity index (χ1n) is 9.71. The lowest BCUT2D eigenvalue weighted by Gasteiger charge is -2.17. The molecule has 1 aromatic rings. The fourth-order valence-electron chi connectivity index (χ4n) is 2.21. The molecule has 0 aliphatic rings. The summed E-state index contributed by atoms with van der Waals surface area (Å²) in [5, 5.41) is 4.76. The van der Waals surface area contributed by atoms with Crippen LogP contribution in [0.15, 0.2) is 27.9 Å². The van der Waals surface area contributed by atoms with Gasteiger partial charge in [-0.3, -0.25) is 0 Å². The van der Waals surface area contributed by atoms with Gasteiger partial charge in [-0.15, -0.1) is 0 Å². The van der Waals surface area contributed by atoms with Gasteiger partial charge < -0.3 is 19.0 Å². The number of hydrogen-bond acceptors (Lipinski definition) is 5. The van der Waals surface area contributed by atoms with Crippen LogP contribution < -0.4 is 9.47 Å². The molecular formula is C21H29Cl4NO4. The van der Waals surface area contributed by atoms with E-state index in [9.17, 15) is 0 Å².